The van der Waals surface area contributed by atoms with E-state index in [-0.39, 0.29) is 5.78 Å². The van der Waals surface area contributed by atoms with Crippen LogP contribution in [0.3, 0.4) is 0 Å². The van der Waals surface area contributed by atoms with Crippen LogP contribution in [0.5, 0.6) is 0 Å². The van der Waals surface area contributed by atoms with E-state index in [4.69, 9.17) is 0 Å². The van der Waals surface area contributed by atoms with Gasteiger partial charge in [-0.25, -0.2) is 0 Å². The number of aromatic nitrogens is 3. The molecule has 168 valence electrons. The third kappa shape index (κ3) is 5.03. The highest BCUT2D eigenvalue weighted by Gasteiger charge is 2.17. The van der Waals surface area contributed by atoms with Crippen LogP contribution < -0.4 is 0 Å². The fraction of sp³-hybridized carbons (Fsp3) is 0.107. The summed E-state index contributed by atoms with van der Waals surface area (Å²) < 4.78 is 2.07. The summed E-state index contributed by atoms with van der Waals surface area (Å²) in [5.41, 5.74) is 5.14. The van der Waals surface area contributed by atoms with Crippen LogP contribution in [0.1, 0.15) is 26.6 Å². The Morgan fingerprint density at radius 2 is 1.59 bits per heavy atom. The highest BCUT2D eigenvalue weighted by molar-refractivity contribution is 7.99. The maximum Gasteiger partial charge on any atom is 0.196 e. The second-order valence-corrected chi connectivity index (χ2v) is 9.96. The number of hydrogen-bond donors (Lipinski definition) is 0. The molecule has 0 atom stereocenters. The Hall–Kier alpha value is -3.48. The van der Waals surface area contributed by atoms with Crippen LogP contribution in [0.2, 0.25) is 0 Å². The molecule has 6 heteroatoms. The topological polar surface area (TPSA) is 47.8 Å². The Morgan fingerprint density at radius 1 is 0.853 bits per heavy atom. The zero-order valence-electron chi connectivity index (χ0n) is 18.7. The minimum absolute atomic E-state index is 0.0721. The van der Waals surface area contributed by atoms with E-state index < -0.39 is 0 Å². The van der Waals surface area contributed by atoms with Crippen molar-refractivity contribution in [2.45, 2.75) is 18.5 Å². The molecule has 5 rings (SSSR count). The summed E-state index contributed by atoms with van der Waals surface area (Å²) in [4.78, 5) is 14.2. The van der Waals surface area contributed by atoms with E-state index in [2.05, 4.69) is 69.5 Å². The summed E-state index contributed by atoms with van der Waals surface area (Å²) in [6, 6.07) is 30.4. The average Bonchev–Trinajstić information content (AvgIpc) is 3.54. The van der Waals surface area contributed by atoms with E-state index in [1.165, 1.54) is 22.2 Å². The van der Waals surface area contributed by atoms with Crippen LogP contribution in [0, 0.1) is 6.92 Å². The molecule has 0 aliphatic heterocycles. The fourth-order valence-electron chi connectivity index (χ4n) is 3.72. The monoisotopic (exact) mass is 481 g/mol. The molecule has 0 unspecified atom stereocenters. The van der Waals surface area contributed by atoms with Crippen molar-refractivity contribution in [1.29, 1.82) is 0 Å². The van der Waals surface area contributed by atoms with E-state index >= 15 is 0 Å². The molecule has 0 N–H and O–H groups in total. The number of aryl methyl sites for hydroxylation is 1. The Morgan fingerprint density at radius 3 is 2.29 bits per heavy atom. The largest absolute Gasteiger partial charge is 0.293 e. The number of thiophene rings is 1. The SMILES string of the molecule is Cc1ccc(-n2c(Cc3cccs3)nnc2SCC(=O)c2ccc(-c3ccccc3)cc2)cc1. The van der Waals surface area contributed by atoms with Gasteiger partial charge in [-0.15, -0.1) is 21.5 Å². The molecule has 0 bridgehead atoms. The Labute approximate surface area is 207 Å². The van der Waals surface area contributed by atoms with Gasteiger partial charge in [-0.05, 0) is 41.6 Å². The normalized spacial score (nSPS) is 11.0. The quantitative estimate of drug-likeness (QED) is 0.179. The number of thioether (sulfide) groups is 1. The number of carbonyl (C=O) groups is 1. The third-order valence-electron chi connectivity index (χ3n) is 5.55. The van der Waals surface area contributed by atoms with Gasteiger partial charge in [0.25, 0.3) is 0 Å². The summed E-state index contributed by atoms with van der Waals surface area (Å²) in [6.45, 7) is 2.07. The van der Waals surface area contributed by atoms with Crippen LogP contribution in [0.15, 0.2) is 102 Å². The van der Waals surface area contributed by atoms with E-state index in [1.807, 2.05) is 48.5 Å². The van der Waals surface area contributed by atoms with Gasteiger partial charge < -0.3 is 0 Å². The van der Waals surface area contributed by atoms with Gasteiger partial charge in [0.1, 0.15) is 5.82 Å². The number of Topliss-reactive ketones (excluding diaryl/α,β-unsaturated/α-hetero) is 1. The average molecular weight is 482 g/mol. The molecule has 0 amide bonds. The number of nitrogens with zero attached hydrogens (tertiary/aromatic N) is 3. The smallest absolute Gasteiger partial charge is 0.196 e. The summed E-state index contributed by atoms with van der Waals surface area (Å²) in [5.74, 6) is 1.24. The number of hydrogen-bond acceptors (Lipinski definition) is 5. The van der Waals surface area contributed by atoms with Crippen LogP contribution in [0.4, 0.5) is 0 Å². The molecule has 3 aromatic carbocycles. The molecule has 0 saturated carbocycles. The molecule has 0 fully saturated rings. The Balaban J connectivity index is 1.35. The van der Waals surface area contributed by atoms with Gasteiger partial charge in [0.15, 0.2) is 10.9 Å². The number of benzene rings is 3. The molecule has 34 heavy (non-hydrogen) atoms. The van der Waals surface area contributed by atoms with Crippen molar-refractivity contribution >= 4 is 28.9 Å². The number of carbonyl (C=O) groups excluding carboxylic acids is 1. The molecule has 0 aliphatic rings. The second kappa shape index (κ2) is 10.2. The molecule has 5 aromatic rings. The number of rotatable bonds is 8. The molecule has 0 aliphatic carbocycles. The van der Waals surface area contributed by atoms with Gasteiger partial charge in [-0.3, -0.25) is 9.36 Å². The third-order valence-corrected chi connectivity index (χ3v) is 7.36. The lowest BCUT2D eigenvalue weighted by atomic mass is 10.0. The predicted octanol–water partition coefficient (Wildman–Crippen LogP) is 6.87. The first-order valence-electron chi connectivity index (χ1n) is 11.0. The molecule has 4 nitrogen and oxygen atoms in total. The van der Waals surface area contributed by atoms with Crippen LogP contribution in [0.25, 0.3) is 16.8 Å². The van der Waals surface area contributed by atoms with Crippen molar-refractivity contribution < 1.29 is 4.79 Å². The van der Waals surface area contributed by atoms with Crippen molar-refractivity contribution in [3.05, 3.63) is 118 Å². The van der Waals surface area contributed by atoms with Gasteiger partial charge in [-0.1, -0.05) is 90.1 Å². The van der Waals surface area contributed by atoms with Crippen molar-refractivity contribution in [3.8, 4) is 16.8 Å². The fourth-order valence-corrected chi connectivity index (χ4v) is 5.29. The molecule has 2 heterocycles. The van der Waals surface area contributed by atoms with Crippen molar-refractivity contribution in [2.75, 3.05) is 5.75 Å². The summed E-state index contributed by atoms with van der Waals surface area (Å²) >= 11 is 3.13. The maximum absolute atomic E-state index is 12.9. The van der Waals surface area contributed by atoms with Crippen LogP contribution >= 0.6 is 23.1 Å². The standard InChI is InChI=1S/C28H23N3OS2/c1-20-9-15-24(16-10-20)31-27(18-25-8-5-17-33-25)29-30-28(31)34-19-26(32)23-13-11-22(12-14-23)21-6-3-2-4-7-21/h2-17H,18-19H2,1H3. The summed E-state index contributed by atoms with van der Waals surface area (Å²) in [7, 11) is 0. The first kappa shape index (κ1) is 22.3. The molecule has 0 spiro atoms. The van der Waals surface area contributed by atoms with Crippen molar-refractivity contribution in [3.63, 3.8) is 0 Å². The number of ketones is 1. The van der Waals surface area contributed by atoms with E-state index in [0.717, 1.165) is 27.8 Å². The van der Waals surface area contributed by atoms with E-state index in [1.54, 1.807) is 11.3 Å². The molecule has 0 radical (unpaired) electrons. The lowest BCUT2D eigenvalue weighted by molar-refractivity contribution is 0.102. The minimum Gasteiger partial charge on any atom is -0.293 e. The minimum atomic E-state index is 0.0721. The molecular formula is C28H23N3OS2. The van der Waals surface area contributed by atoms with Crippen LogP contribution in [-0.2, 0) is 6.42 Å². The van der Waals surface area contributed by atoms with Gasteiger partial charge in [0.05, 0.1) is 5.75 Å². The zero-order chi connectivity index (χ0) is 23.3. The van der Waals surface area contributed by atoms with Gasteiger partial charge in [0.2, 0.25) is 0 Å². The van der Waals surface area contributed by atoms with E-state index in [9.17, 15) is 4.79 Å². The molecule has 0 saturated heterocycles. The summed E-state index contributed by atoms with van der Waals surface area (Å²) in [6.07, 6.45) is 0.702. The van der Waals surface area contributed by atoms with Gasteiger partial charge in [-0.2, -0.15) is 0 Å². The van der Waals surface area contributed by atoms with Gasteiger partial charge >= 0.3 is 0 Å². The van der Waals surface area contributed by atoms with E-state index in [0.29, 0.717) is 17.7 Å². The van der Waals surface area contributed by atoms with Crippen molar-refractivity contribution in [1.82, 2.24) is 14.8 Å². The maximum atomic E-state index is 12.9. The Bertz CT molecular complexity index is 1370. The zero-order valence-corrected chi connectivity index (χ0v) is 20.4. The highest BCUT2D eigenvalue weighted by atomic mass is 32.2. The summed E-state index contributed by atoms with van der Waals surface area (Å²) in [5, 5.41) is 11.7. The first-order valence-corrected chi connectivity index (χ1v) is 12.9. The van der Waals surface area contributed by atoms with Crippen molar-refractivity contribution in [2.24, 2.45) is 0 Å². The second-order valence-electron chi connectivity index (χ2n) is 7.98. The highest BCUT2D eigenvalue weighted by Crippen LogP contribution is 2.26. The first-order chi connectivity index (χ1) is 16.7. The molecule has 2 aromatic heterocycles. The predicted molar refractivity (Wildman–Crippen MR) is 140 cm³/mol. The Kier molecular flexibility index (Phi) is 6.70. The lowest BCUT2D eigenvalue weighted by Crippen LogP contribution is -2.06. The molecular weight excluding hydrogens is 458 g/mol. The lowest BCUT2D eigenvalue weighted by Gasteiger charge is -2.10. The van der Waals surface area contributed by atoms with Crippen LogP contribution in [-0.4, -0.2) is 26.3 Å². The van der Waals surface area contributed by atoms with Gasteiger partial charge in [0, 0.05) is 22.5 Å².